The quantitative estimate of drug-likeness (QED) is 0.832. The van der Waals surface area contributed by atoms with Gasteiger partial charge >= 0.3 is 0 Å². The van der Waals surface area contributed by atoms with Gasteiger partial charge < -0.3 is 11.1 Å². The number of carbonyl (C=O) groups is 1. The fraction of sp³-hybridized carbons (Fsp3) is 0.500. The van der Waals surface area contributed by atoms with Crippen molar-refractivity contribution in [1.82, 2.24) is 0 Å². The number of thioether (sulfide) groups is 1. The smallest absolute Gasteiger partial charge is 0.234 e. The zero-order valence-corrected chi connectivity index (χ0v) is 12.1. The summed E-state index contributed by atoms with van der Waals surface area (Å²) < 4.78 is 0. The zero-order valence-electron chi connectivity index (χ0n) is 11.3. The molecule has 3 N–H and O–H groups in total. The number of nitrogens with one attached hydrogen (secondary N) is 1. The van der Waals surface area contributed by atoms with Crippen LogP contribution in [0.1, 0.15) is 18.1 Å². The Morgan fingerprint density at radius 3 is 2.78 bits per heavy atom. The van der Waals surface area contributed by atoms with E-state index in [-0.39, 0.29) is 5.91 Å². The highest BCUT2D eigenvalue weighted by Gasteiger charge is 2.06. The van der Waals surface area contributed by atoms with Gasteiger partial charge in [-0.15, -0.1) is 0 Å². The van der Waals surface area contributed by atoms with Crippen LogP contribution in [-0.2, 0) is 4.79 Å². The molecule has 0 aromatic heterocycles. The van der Waals surface area contributed by atoms with Gasteiger partial charge in [0.15, 0.2) is 0 Å². The summed E-state index contributed by atoms with van der Waals surface area (Å²) >= 11 is 1.63. The fourth-order valence-electron chi connectivity index (χ4n) is 1.56. The molecule has 0 fully saturated rings. The Kier molecular flexibility index (Phi) is 6.22. The van der Waals surface area contributed by atoms with Gasteiger partial charge in [0.05, 0.1) is 5.75 Å². The molecule has 0 spiro atoms. The van der Waals surface area contributed by atoms with Gasteiger partial charge in [-0.25, -0.2) is 0 Å². The SMILES string of the molecule is Cc1ccc(NC(=O)CSCC(C)CN)c(C)c1. The standard InChI is InChI=1S/C14H22N2OS/c1-10-4-5-13(12(3)6-10)16-14(17)9-18-8-11(2)7-15/h4-6,11H,7-9,15H2,1-3H3,(H,16,17). The molecule has 1 atom stereocenters. The average molecular weight is 266 g/mol. The molecule has 1 unspecified atom stereocenters. The van der Waals surface area contributed by atoms with E-state index in [1.54, 1.807) is 11.8 Å². The number of hydrogen-bond acceptors (Lipinski definition) is 3. The Morgan fingerprint density at radius 2 is 2.17 bits per heavy atom. The summed E-state index contributed by atoms with van der Waals surface area (Å²) in [6, 6.07) is 6.03. The van der Waals surface area contributed by atoms with Crippen molar-refractivity contribution in [3.8, 4) is 0 Å². The first-order chi connectivity index (χ1) is 8.52. The molecule has 1 rings (SSSR count). The van der Waals surface area contributed by atoms with Gasteiger partial charge in [0.1, 0.15) is 0 Å². The normalized spacial score (nSPS) is 12.2. The molecule has 0 saturated carbocycles. The summed E-state index contributed by atoms with van der Waals surface area (Å²) in [5, 5.41) is 2.94. The second-order valence-corrected chi connectivity index (χ2v) is 5.75. The van der Waals surface area contributed by atoms with Crippen LogP contribution in [-0.4, -0.2) is 24.0 Å². The van der Waals surface area contributed by atoms with Gasteiger partial charge in [0, 0.05) is 5.69 Å². The molecular weight excluding hydrogens is 244 g/mol. The molecule has 0 radical (unpaired) electrons. The third-order valence-electron chi connectivity index (χ3n) is 2.69. The second-order valence-electron chi connectivity index (χ2n) is 4.72. The number of benzene rings is 1. The maximum Gasteiger partial charge on any atom is 0.234 e. The van der Waals surface area contributed by atoms with E-state index in [1.807, 2.05) is 26.0 Å². The van der Waals surface area contributed by atoms with Crippen LogP contribution < -0.4 is 11.1 Å². The van der Waals surface area contributed by atoms with Gasteiger partial charge in [0.2, 0.25) is 5.91 Å². The molecule has 3 nitrogen and oxygen atoms in total. The Labute approximate surface area is 114 Å². The third-order valence-corrected chi connectivity index (χ3v) is 3.96. The second kappa shape index (κ2) is 7.44. The summed E-state index contributed by atoms with van der Waals surface area (Å²) in [6.07, 6.45) is 0. The van der Waals surface area contributed by atoms with Gasteiger partial charge in [-0.05, 0) is 43.7 Å². The van der Waals surface area contributed by atoms with E-state index in [1.165, 1.54) is 5.56 Å². The summed E-state index contributed by atoms with van der Waals surface area (Å²) in [7, 11) is 0. The van der Waals surface area contributed by atoms with E-state index in [2.05, 4.69) is 18.3 Å². The molecular formula is C14H22N2OS. The van der Waals surface area contributed by atoms with Crippen molar-refractivity contribution in [2.75, 3.05) is 23.4 Å². The van der Waals surface area contributed by atoms with Gasteiger partial charge in [-0.1, -0.05) is 24.6 Å². The number of amides is 1. The summed E-state index contributed by atoms with van der Waals surface area (Å²) in [4.78, 5) is 11.8. The molecule has 18 heavy (non-hydrogen) atoms. The lowest BCUT2D eigenvalue weighted by molar-refractivity contribution is -0.113. The summed E-state index contributed by atoms with van der Waals surface area (Å²) in [5.41, 5.74) is 8.74. The van der Waals surface area contributed by atoms with Crippen LogP contribution in [0.25, 0.3) is 0 Å². The number of rotatable bonds is 6. The van der Waals surface area contributed by atoms with Gasteiger partial charge in [-0.3, -0.25) is 4.79 Å². The lowest BCUT2D eigenvalue weighted by Gasteiger charge is -2.10. The van der Waals surface area contributed by atoms with E-state index in [0.29, 0.717) is 18.2 Å². The minimum Gasteiger partial charge on any atom is -0.330 e. The van der Waals surface area contributed by atoms with Crippen molar-refractivity contribution < 1.29 is 4.79 Å². The first-order valence-corrected chi connectivity index (χ1v) is 7.33. The average Bonchev–Trinajstić information content (AvgIpc) is 2.32. The molecule has 0 saturated heterocycles. The number of carbonyl (C=O) groups excluding carboxylic acids is 1. The largest absolute Gasteiger partial charge is 0.330 e. The molecule has 4 heteroatoms. The Balaban J connectivity index is 2.40. The predicted molar refractivity (Wildman–Crippen MR) is 80.1 cm³/mol. The van der Waals surface area contributed by atoms with E-state index in [9.17, 15) is 4.79 Å². The van der Waals surface area contributed by atoms with Gasteiger partial charge in [0.25, 0.3) is 0 Å². The lowest BCUT2D eigenvalue weighted by atomic mass is 10.1. The van der Waals surface area contributed by atoms with Crippen LogP contribution in [0.2, 0.25) is 0 Å². The van der Waals surface area contributed by atoms with Crippen molar-refractivity contribution in [3.63, 3.8) is 0 Å². The van der Waals surface area contributed by atoms with Crippen LogP contribution in [0, 0.1) is 19.8 Å². The Morgan fingerprint density at radius 1 is 1.44 bits per heavy atom. The molecule has 0 aliphatic heterocycles. The number of anilines is 1. The summed E-state index contributed by atoms with van der Waals surface area (Å²) in [6.45, 7) is 6.82. The van der Waals surface area contributed by atoms with Crippen molar-refractivity contribution in [2.45, 2.75) is 20.8 Å². The molecule has 0 heterocycles. The first-order valence-electron chi connectivity index (χ1n) is 6.18. The molecule has 100 valence electrons. The Hall–Kier alpha value is -1.00. The highest BCUT2D eigenvalue weighted by atomic mass is 32.2. The molecule has 0 bridgehead atoms. The maximum atomic E-state index is 11.8. The van der Waals surface area contributed by atoms with Crippen LogP contribution in [0.5, 0.6) is 0 Å². The monoisotopic (exact) mass is 266 g/mol. The zero-order chi connectivity index (χ0) is 13.5. The fourth-order valence-corrected chi connectivity index (χ4v) is 2.47. The molecule has 1 aromatic carbocycles. The van der Waals surface area contributed by atoms with Crippen molar-refractivity contribution >= 4 is 23.4 Å². The van der Waals surface area contributed by atoms with Crippen LogP contribution in [0.3, 0.4) is 0 Å². The van der Waals surface area contributed by atoms with E-state index >= 15 is 0 Å². The van der Waals surface area contributed by atoms with E-state index in [4.69, 9.17) is 5.73 Å². The molecule has 1 amide bonds. The number of nitrogens with two attached hydrogens (primary N) is 1. The van der Waals surface area contributed by atoms with Crippen LogP contribution >= 0.6 is 11.8 Å². The van der Waals surface area contributed by atoms with E-state index in [0.717, 1.165) is 17.0 Å². The van der Waals surface area contributed by atoms with E-state index < -0.39 is 0 Å². The van der Waals surface area contributed by atoms with Gasteiger partial charge in [-0.2, -0.15) is 11.8 Å². The topological polar surface area (TPSA) is 55.1 Å². The molecule has 1 aromatic rings. The minimum atomic E-state index is 0.0520. The maximum absolute atomic E-state index is 11.8. The third kappa shape index (κ3) is 5.10. The van der Waals surface area contributed by atoms with Crippen molar-refractivity contribution in [3.05, 3.63) is 29.3 Å². The number of aryl methyl sites for hydroxylation is 2. The molecule has 0 aliphatic rings. The summed E-state index contributed by atoms with van der Waals surface area (Å²) in [5.74, 6) is 1.93. The lowest BCUT2D eigenvalue weighted by Crippen LogP contribution is -2.18. The van der Waals surface area contributed by atoms with Crippen molar-refractivity contribution in [1.29, 1.82) is 0 Å². The highest BCUT2D eigenvalue weighted by Crippen LogP contribution is 2.16. The predicted octanol–water partition coefficient (Wildman–Crippen LogP) is 2.57. The molecule has 0 aliphatic carbocycles. The van der Waals surface area contributed by atoms with Crippen LogP contribution in [0.15, 0.2) is 18.2 Å². The first kappa shape index (κ1) is 15.1. The van der Waals surface area contributed by atoms with Crippen molar-refractivity contribution in [2.24, 2.45) is 11.7 Å². The Bertz CT molecular complexity index is 407. The minimum absolute atomic E-state index is 0.0520. The van der Waals surface area contributed by atoms with Crippen LogP contribution in [0.4, 0.5) is 5.69 Å². The number of hydrogen-bond donors (Lipinski definition) is 2. The highest BCUT2D eigenvalue weighted by molar-refractivity contribution is 7.99.